The Morgan fingerprint density at radius 2 is 1.73 bits per heavy atom. The van der Waals surface area contributed by atoms with Gasteiger partial charge in [0.15, 0.2) is 0 Å². The van der Waals surface area contributed by atoms with Gasteiger partial charge >= 0.3 is 0 Å². The number of halogens is 1. The Labute approximate surface area is 135 Å². The molecular formula is C17H18ClN3O. The Balaban J connectivity index is 2.28. The zero-order chi connectivity index (χ0) is 15.9. The molecule has 22 heavy (non-hydrogen) atoms. The van der Waals surface area contributed by atoms with Crippen LogP contribution in [0.15, 0.2) is 59.7 Å². The molecule has 3 atom stereocenters. The molecule has 5 heteroatoms. The van der Waals surface area contributed by atoms with Gasteiger partial charge in [-0.05, 0) is 34.7 Å². The summed E-state index contributed by atoms with van der Waals surface area (Å²) in [5, 5.41) is 15.0. The summed E-state index contributed by atoms with van der Waals surface area (Å²) in [4.78, 5) is 2.83. The SMILES string of the molecule is C[C@H](c1ccccc1)[C@H](CN=[N+]=[N-])[C@@H](O)c1ccc(Cl)cc1. The topological polar surface area (TPSA) is 69.0 Å². The molecule has 0 unspecified atom stereocenters. The molecule has 0 saturated carbocycles. The largest absolute Gasteiger partial charge is 0.388 e. The molecule has 0 saturated heterocycles. The van der Waals surface area contributed by atoms with E-state index in [9.17, 15) is 5.11 Å². The highest BCUT2D eigenvalue weighted by atomic mass is 35.5. The van der Waals surface area contributed by atoms with Crippen molar-refractivity contribution in [3.05, 3.63) is 81.2 Å². The lowest BCUT2D eigenvalue weighted by atomic mass is 9.81. The summed E-state index contributed by atoms with van der Waals surface area (Å²) in [6.45, 7) is 2.27. The Kier molecular flexibility index (Phi) is 5.84. The Hall–Kier alpha value is -2.00. The first-order valence-corrected chi connectivity index (χ1v) is 7.50. The molecule has 0 aliphatic heterocycles. The average molecular weight is 316 g/mol. The maximum absolute atomic E-state index is 10.7. The van der Waals surface area contributed by atoms with E-state index in [1.54, 1.807) is 24.3 Å². The molecule has 0 amide bonds. The average Bonchev–Trinajstić information content (AvgIpc) is 2.56. The van der Waals surface area contributed by atoms with E-state index in [-0.39, 0.29) is 18.4 Å². The van der Waals surface area contributed by atoms with E-state index in [4.69, 9.17) is 17.1 Å². The minimum atomic E-state index is -0.724. The number of azide groups is 1. The summed E-state index contributed by atoms with van der Waals surface area (Å²) >= 11 is 5.89. The molecule has 1 N–H and O–H groups in total. The van der Waals surface area contributed by atoms with E-state index in [1.807, 2.05) is 37.3 Å². The molecule has 0 aliphatic carbocycles. The second kappa shape index (κ2) is 7.85. The number of nitrogens with zero attached hydrogens (tertiary/aromatic N) is 3. The van der Waals surface area contributed by atoms with Crippen molar-refractivity contribution in [2.75, 3.05) is 6.54 Å². The van der Waals surface area contributed by atoms with Crippen LogP contribution in [0.1, 0.15) is 30.1 Å². The smallest absolute Gasteiger partial charge is 0.0825 e. The van der Waals surface area contributed by atoms with E-state index in [1.165, 1.54) is 0 Å². The molecule has 4 nitrogen and oxygen atoms in total. The fourth-order valence-corrected chi connectivity index (χ4v) is 2.70. The lowest BCUT2D eigenvalue weighted by Crippen LogP contribution is -2.22. The number of benzene rings is 2. The van der Waals surface area contributed by atoms with E-state index < -0.39 is 6.10 Å². The standard InChI is InChI=1S/C17H18ClN3O/c1-12(13-5-3-2-4-6-13)16(11-20-21-19)17(22)14-7-9-15(18)10-8-14/h2-10,12,16-17,22H,11H2,1H3/t12-,16+,17+/m1/s1. The maximum Gasteiger partial charge on any atom is 0.0825 e. The third-order valence-corrected chi connectivity index (χ3v) is 4.19. The fraction of sp³-hybridized carbons (Fsp3) is 0.294. The highest BCUT2D eigenvalue weighted by molar-refractivity contribution is 6.30. The molecular weight excluding hydrogens is 298 g/mol. The summed E-state index contributed by atoms with van der Waals surface area (Å²) in [7, 11) is 0. The van der Waals surface area contributed by atoms with Gasteiger partial charge in [0, 0.05) is 22.4 Å². The van der Waals surface area contributed by atoms with Gasteiger partial charge in [-0.2, -0.15) is 0 Å². The number of hydrogen-bond donors (Lipinski definition) is 1. The van der Waals surface area contributed by atoms with Crippen molar-refractivity contribution in [1.29, 1.82) is 0 Å². The van der Waals surface area contributed by atoms with Crippen LogP contribution < -0.4 is 0 Å². The first-order valence-electron chi connectivity index (χ1n) is 7.13. The lowest BCUT2D eigenvalue weighted by Gasteiger charge is -2.28. The van der Waals surface area contributed by atoms with E-state index in [0.29, 0.717) is 5.02 Å². The molecule has 0 radical (unpaired) electrons. The predicted molar refractivity (Wildman–Crippen MR) is 88.8 cm³/mol. The minimum absolute atomic E-state index is 0.0531. The Bertz CT molecular complexity index is 639. The van der Waals surface area contributed by atoms with Crippen molar-refractivity contribution in [2.45, 2.75) is 18.9 Å². The van der Waals surface area contributed by atoms with Crippen LogP contribution in [-0.4, -0.2) is 11.7 Å². The van der Waals surface area contributed by atoms with Gasteiger partial charge in [-0.3, -0.25) is 0 Å². The lowest BCUT2D eigenvalue weighted by molar-refractivity contribution is 0.0992. The second-order valence-electron chi connectivity index (χ2n) is 5.27. The van der Waals surface area contributed by atoms with Crippen LogP contribution in [0, 0.1) is 5.92 Å². The van der Waals surface area contributed by atoms with Crippen molar-refractivity contribution >= 4 is 11.6 Å². The van der Waals surface area contributed by atoms with Gasteiger partial charge in [0.25, 0.3) is 0 Å². The first-order chi connectivity index (χ1) is 10.6. The van der Waals surface area contributed by atoms with Crippen molar-refractivity contribution < 1.29 is 5.11 Å². The molecule has 2 rings (SSSR count). The number of aliphatic hydroxyl groups excluding tert-OH is 1. The van der Waals surface area contributed by atoms with Crippen molar-refractivity contribution in [3.63, 3.8) is 0 Å². The van der Waals surface area contributed by atoms with Crippen LogP contribution in [0.2, 0.25) is 5.02 Å². The number of aliphatic hydroxyl groups is 1. The molecule has 0 aromatic heterocycles. The minimum Gasteiger partial charge on any atom is -0.388 e. The van der Waals surface area contributed by atoms with Crippen LogP contribution in [-0.2, 0) is 0 Å². The summed E-state index contributed by atoms with van der Waals surface area (Å²) in [5.74, 6) is -0.156. The summed E-state index contributed by atoms with van der Waals surface area (Å²) < 4.78 is 0. The predicted octanol–water partition coefficient (Wildman–Crippen LogP) is 5.10. The molecule has 0 heterocycles. The van der Waals surface area contributed by atoms with Crippen molar-refractivity contribution in [1.82, 2.24) is 0 Å². The van der Waals surface area contributed by atoms with Gasteiger partial charge < -0.3 is 5.11 Å². The van der Waals surface area contributed by atoms with Crippen LogP contribution in [0.25, 0.3) is 10.4 Å². The van der Waals surface area contributed by atoms with Gasteiger partial charge in [-0.15, -0.1) is 0 Å². The summed E-state index contributed by atoms with van der Waals surface area (Å²) in [5.41, 5.74) is 10.5. The molecule has 0 spiro atoms. The highest BCUT2D eigenvalue weighted by Crippen LogP contribution is 2.35. The van der Waals surface area contributed by atoms with Crippen molar-refractivity contribution in [2.24, 2.45) is 11.0 Å². The Morgan fingerprint density at radius 1 is 1.09 bits per heavy atom. The molecule has 2 aromatic carbocycles. The van der Waals surface area contributed by atoms with Crippen LogP contribution in [0.3, 0.4) is 0 Å². The van der Waals surface area contributed by atoms with E-state index in [0.717, 1.165) is 11.1 Å². The zero-order valence-corrected chi connectivity index (χ0v) is 13.1. The third-order valence-electron chi connectivity index (χ3n) is 3.94. The van der Waals surface area contributed by atoms with E-state index >= 15 is 0 Å². The van der Waals surface area contributed by atoms with Crippen LogP contribution in [0.4, 0.5) is 0 Å². The number of rotatable bonds is 6. The normalized spacial score (nSPS) is 14.7. The third kappa shape index (κ3) is 4.01. The first kappa shape index (κ1) is 16.4. The van der Waals surface area contributed by atoms with Crippen molar-refractivity contribution in [3.8, 4) is 0 Å². The molecule has 114 valence electrons. The van der Waals surface area contributed by atoms with Gasteiger partial charge in [0.2, 0.25) is 0 Å². The maximum atomic E-state index is 10.7. The zero-order valence-electron chi connectivity index (χ0n) is 12.3. The van der Waals surface area contributed by atoms with Gasteiger partial charge in [-0.1, -0.05) is 66.1 Å². The molecule has 2 aromatic rings. The monoisotopic (exact) mass is 315 g/mol. The molecule has 0 fully saturated rings. The molecule has 0 bridgehead atoms. The molecule has 0 aliphatic rings. The fourth-order valence-electron chi connectivity index (χ4n) is 2.57. The number of hydrogen-bond acceptors (Lipinski definition) is 2. The Morgan fingerprint density at radius 3 is 2.32 bits per heavy atom. The summed E-state index contributed by atoms with van der Waals surface area (Å²) in [6, 6.07) is 17.0. The second-order valence-corrected chi connectivity index (χ2v) is 5.71. The van der Waals surface area contributed by atoms with Gasteiger partial charge in [0.1, 0.15) is 0 Å². The quantitative estimate of drug-likeness (QED) is 0.449. The van der Waals surface area contributed by atoms with Crippen LogP contribution >= 0.6 is 11.6 Å². The van der Waals surface area contributed by atoms with E-state index in [2.05, 4.69) is 10.0 Å². The van der Waals surface area contributed by atoms with Gasteiger partial charge in [0.05, 0.1) is 6.10 Å². The van der Waals surface area contributed by atoms with Crippen LogP contribution in [0.5, 0.6) is 0 Å². The van der Waals surface area contributed by atoms with Gasteiger partial charge in [-0.25, -0.2) is 0 Å². The summed E-state index contributed by atoms with van der Waals surface area (Å²) in [6.07, 6.45) is -0.724. The highest BCUT2D eigenvalue weighted by Gasteiger charge is 2.27.